The first-order valence-corrected chi connectivity index (χ1v) is 16.2. The minimum atomic E-state index is -0.754. The Morgan fingerprint density at radius 2 is 1.82 bits per heavy atom. The smallest absolute Gasteiger partial charge is 0.344 e. The number of hydrogen-bond donors (Lipinski definition) is 1. The van der Waals surface area contributed by atoms with Gasteiger partial charge in [0.2, 0.25) is 0 Å². The first-order chi connectivity index (χ1) is 21.4. The Kier molecular flexibility index (Phi) is 8.00. The van der Waals surface area contributed by atoms with E-state index >= 15 is 0 Å². The van der Waals surface area contributed by atoms with E-state index in [-0.39, 0.29) is 41.1 Å². The van der Waals surface area contributed by atoms with Crippen LogP contribution in [0.25, 0.3) is 0 Å². The normalized spacial score (nSPS) is 34.4. The molecule has 2 heterocycles. The lowest BCUT2D eigenvalue weighted by Crippen LogP contribution is -2.63. The van der Waals surface area contributed by atoms with Gasteiger partial charge >= 0.3 is 5.97 Å². The van der Waals surface area contributed by atoms with E-state index in [1.807, 2.05) is 48.0 Å². The van der Waals surface area contributed by atoms with Gasteiger partial charge in [-0.2, -0.15) is 0 Å². The van der Waals surface area contributed by atoms with Crippen molar-refractivity contribution in [2.24, 2.45) is 34.0 Å². The Labute approximate surface area is 265 Å². The van der Waals surface area contributed by atoms with Crippen molar-refractivity contribution in [2.45, 2.75) is 85.1 Å². The first kappa shape index (κ1) is 31.2. The number of carbonyl (C=O) groups excluding carboxylic acids is 2. The second-order valence-corrected chi connectivity index (χ2v) is 14.3. The average molecular weight is 612 g/mol. The van der Waals surface area contributed by atoms with E-state index in [1.165, 1.54) is 10.6 Å². The molecule has 0 saturated heterocycles. The van der Waals surface area contributed by atoms with Crippen LogP contribution in [0.1, 0.15) is 81.5 Å². The van der Waals surface area contributed by atoms with E-state index in [4.69, 9.17) is 4.74 Å². The van der Waals surface area contributed by atoms with Crippen molar-refractivity contribution in [2.75, 3.05) is 0 Å². The summed E-state index contributed by atoms with van der Waals surface area (Å²) in [7, 11) is 0. The van der Waals surface area contributed by atoms with Crippen LogP contribution < -0.4 is 5.56 Å². The number of aliphatic hydroxyl groups is 1. The Bertz CT molecular complexity index is 1660. The summed E-state index contributed by atoms with van der Waals surface area (Å²) >= 11 is 0. The van der Waals surface area contributed by atoms with Crippen LogP contribution in [0, 0.1) is 34.0 Å². The van der Waals surface area contributed by atoms with Crippen LogP contribution in [0.2, 0.25) is 0 Å². The molecule has 3 aliphatic carbocycles. The van der Waals surface area contributed by atoms with E-state index in [0.29, 0.717) is 25.2 Å². The standard InChI is InChI=1S/C37H45N3O5/c1-6-35(4)21-29(36(5)24(2)14-16-37(25(3)32(35)42)17-15-28(41)31(36)37)45-34(44)27-13-10-19-40(33(27)43)23-30-38-18-20-39(30)22-26-11-8-7-9-12-26/h6-13,18-20,24-25,29,31-32,42H,1,14-17,21-23H2,2-5H3/t24-,25+,29-,31?,32+,35-,36+,37?/m1/s1. The van der Waals surface area contributed by atoms with Crippen LogP contribution in [0.5, 0.6) is 0 Å². The quantitative estimate of drug-likeness (QED) is 0.273. The summed E-state index contributed by atoms with van der Waals surface area (Å²) in [6, 6.07) is 13.2. The van der Waals surface area contributed by atoms with Gasteiger partial charge < -0.3 is 19.0 Å². The van der Waals surface area contributed by atoms with Gasteiger partial charge in [-0.15, -0.1) is 6.58 Å². The molecule has 8 nitrogen and oxygen atoms in total. The van der Waals surface area contributed by atoms with Crippen molar-refractivity contribution in [1.82, 2.24) is 14.1 Å². The minimum Gasteiger partial charge on any atom is -0.458 e. The van der Waals surface area contributed by atoms with E-state index < -0.39 is 34.6 Å². The third-order valence-corrected chi connectivity index (χ3v) is 12.1. The van der Waals surface area contributed by atoms with Gasteiger partial charge in [-0.25, -0.2) is 9.78 Å². The molecule has 3 saturated carbocycles. The van der Waals surface area contributed by atoms with Crippen LogP contribution >= 0.6 is 0 Å². The molecule has 3 aromatic rings. The van der Waals surface area contributed by atoms with Gasteiger partial charge in [-0.05, 0) is 60.6 Å². The SMILES string of the molecule is C=C[C@]1(C)C[C@@H](OC(=O)c2cccn(Cc3nccn3Cc3ccccc3)c2=O)[C@@]2(C)C3C(=O)CCC3(CC[C@H]2C)[C@@H](C)[C@@H]1O. The summed E-state index contributed by atoms with van der Waals surface area (Å²) in [4.78, 5) is 45.9. The predicted octanol–water partition coefficient (Wildman–Crippen LogP) is 5.66. The van der Waals surface area contributed by atoms with Gasteiger partial charge in [-0.3, -0.25) is 9.59 Å². The summed E-state index contributed by atoms with van der Waals surface area (Å²) in [6.07, 6.45) is 8.81. The van der Waals surface area contributed by atoms with Crippen LogP contribution in [-0.2, 0) is 22.6 Å². The number of Topliss-reactive ketones (excluding diaryl/α,β-unsaturated/α-hetero) is 1. The Morgan fingerprint density at radius 1 is 1.07 bits per heavy atom. The minimum absolute atomic E-state index is 0.0639. The molecule has 238 valence electrons. The fourth-order valence-electron chi connectivity index (χ4n) is 9.08. The molecule has 45 heavy (non-hydrogen) atoms. The third kappa shape index (κ3) is 5.02. The molecule has 3 fully saturated rings. The number of pyridine rings is 1. The van der Waals surface area contributed by atoms with E-state index in [0.717, 1.165) is 24.8 Å². The van der Waals surface area contributed by atoms with Crippen molar-refractivity contribution in [3.8, 4) is 0 Å². The van der Waals surface area contributed by atoms with Crippen molar-refractivity contribution < 1.29 is 19.4 Å². The zero-order valence-electron chi connectivity index (χ0n) is 26.8. The highest BCUT2D eigenvalue weighted by Crippen LogP contribution is 2.68. The molecule has 1 aromatic carbocycles. The number of esters is 1. The number of benzene rings is 1. The lowest BCUT2D eigenvalue weighted by Gasteiger charge is -2.61. The summed E-state index contributed by atoms with van der Waals surface area (Å²) in [5.41, 5.74) is -1.19. The van der Waals surface area contributed by atoms with Gasteiger partial charge in [0.1, 0.15) is 23.3 Å². The first-order valence-electron chi connectivity index (χ1n) is 16.2. The Balaban J connectivity index is 1.33. The largest absolute Gasteiger partial charge is 0.458 e. The maximum absolute atomic E-state index is 14.0. The fourth-order valence-corrected chi connectivity index (χ4v) is 9.08. The highest BCUT2D eigenvalue weighted by Gasteiger charge is 2.68. The molecule has 8 heteroatoms. The summed E-state index contributed by atoms with van der Waals surface area (Å²) in [5, 5.41) is 11.8. The molecular formula is C37H45N3O5. The number of ketones is 1. The maximum atomic E-state index is 14.0. The molecule has 1 N–H and O–H groups in total. The maximum Gasteiger partial charge on any atom is 0.344 e. The van der Waals surface area contributed by atoms with E-state index in [1.54, 1.807) is 24.5 Å². The predicted molar refractivity (Wildman–Crippen MR) is 172 cm³/mol. The van der Waals surface area contributed by atoms with Crippen LogP contribution in [-0.4, -0.2) is 43.2 Å². The van der Waals surface area contributed by atoms with Gasteiger partial charge in [-0.1, -0.05) is 64.1 Å². The van der Waals surface area contributed by atoms with Crippen LogP contribution in [0.4, 0.5) is 0 Å². The van der Waals surface area contributed by atoms with E-state index in [9.17, 15) is 19.5 Å². The molecule has 2 bridgehead atoms. The molecule has 3 aliphatic rings. The molecule has 2 aromatic heterocycles. The van der Waals surface area contributed by atoms with Gasteiger partial charge in [0, 0.05) is 48.3 Å². The number of carbonyl (C=O) groups is 2. The number of ether oxygens (including phenoxy) is 1. The second kappa shape index (κ2) is 11.5. The van der Waals surface area contributed by atoms with Crippen molar-refractivity contribution in [3.63, 3.8) is 0 Å². The summed E-state index contributed by atoms with van der Waals surface area (Å²) < 4.78 is 9.86. The van der Waals surface area contributed by atoms with Gasteiger partial charge in [0.15, 0.2) is 0 Å². The molecule has 8 atom stereocenters. The van der Waals surface area contributed by atoms with Crippen molar-refractivity contribution in [3.05, 3.63) is 101 Å². The second-order valence-electron chi connectivity index (χ2n) is 14.3. The lowest BCUT2D eigenvalue weighted by molar-refractivity contribution is -0.192. The highest BCUT2D eigenvalue weighted by molar-refractivity contribution is 5.89. The Hall–Kier alpha value is -3.78. The fraction of sp³-hybridized carbons (Fsp3) is 0.514. The highest BCUT2D eigenvalue weighted by atomic mass is 16.5. The number of imidazole rings is 1. The molecule has 2 unspecified atom stereocenters. The molecule has 0 amide bonds. The van der Waals surface area contributed by atoms with Crippen molar-refractivity contribution >= 4 is 11.8 Å². The van der Waals surface area contributed by atoms with Gasteiger partial charge in [0.05, 0.1) is 12.6 Å². The zero-order valence-corrected chi connectivity index (χ0v) is 26.8. The number of aromatic nitrogens is 3. The Morgan fingerprint density at radius 3 is 2.56 bits per heavy atom. The molecule has 0 spiro atoms. The van der Waals surface area contributed by atoms with Crippen LogP contribution in [0.3, 0.4) is 0 Å². The summed E-state index contributed by atoms with van der Waals surface area (Å²) in [5.74, 6) is -0.174. The number of aliphatic hydroxyl groups excluding tert-OH is 1. The number of nitrogens with zero attached hydrogens (tertiary/aromatic N) is 3. The molecule has 0 radical (unpaired) electrons. The van der Waals surface area contributed by atoms with E-state index in [2.05, 4.69) is 32.3 Å². The van der Waals surface area contributed by atoms with Crippen molar-refractivity contribution in [1.29, 1.82) is 0 Å². The lowest BCUT2D eigenvalue weighted by atomic mass is 9.44. The zero-order chi connectivity index (χ0) is 32.1. The monoisotopic (exact) mass is 611 g/mol. The molecule has 0 aliphatic heterocycles. The summed E-state index contributed by atoms with van der Waals surface area (Å²) in [6.45, 7) is 13.2. The van der Waals surface area contributed by atoms with Gasteiger partial charge in [0.25, 0.3) is 5.56 Å². The van der Waals surface area contributed by atoms with Crippen LogP contribution in [0.15, 0.2) is 78.5 Å². The number of hydrogen-bond acceptors (Lipinski definition) is 6. The molecular weight excluding hydrogens is 566 g/mol. The topological polar surface area (TPSA) is 103 Å². The average Bonchev–Trinajstić information content (AvgIpc) is 3.62. The third-order valence-electron chi connectivity index (χ3n) is 12.1. The number of rotatable bonds is 7. The molecule has 6 rings (SSSR count).